The first-order chi connectivity index (χ1) is 8.04. The van der Waals surface area contributed by atoms with E-state index >= 15 is 0 Å². The lowest BCUT2D eigenvalue weighted by molar-refractivity contribution is -0.170. The molecule has 1 spiro atoms. The number of hydrogen-bond acceptors (Lipinski definition) is 3. The number of hydrogen-bond donors (Lipinski definition) is 0. The number of carbonyl (C=O) groups is 2. The molecule has 1 saturated heterocycles. The quantitative estimate of drug-likeness (QED) is 0.606. The fraction of sp³-hybridized carbons (Fsp3) is 0.857. The van der Waals surface area contributed by atoms with Crippen LogP contribution >= 0.6 is 0 Å². The van der Waals surface area contributed by atoms with E-state index in [-0.39, 0.29) is 23.6 Å². The molecule has 5 atom stereocenters. The standard InChI is InChI=1S/C14H20O3/c1-8-3-5-12-9(2)13(16)17-14(12)7-10(15)4-6-11(8)14/h8-9,11-12H,3-7H2,1-2H3/t8-,9-,11+,12+,14+/m1/s1. The number of ether oxygens (including phenoxy) is 1. The number of esters is 1. The number of carbonyl (C=O) groups excluding carboxylic acids is 2. The first-order valence-corrected chi connectivity index (χ1v) is 6.79. The molecule has 3 fully saturated rings. The van der Waals surface area contributed by atoms with Gasteiger partial charge < -0.3 is 4.74 Å². The van der Waals surface area contributed by atoms with Crippen molar-refractivity contribution in [1.82, 2.24) is 0 Å². The van der Waals surface area contributed by atoms with Gasteiger partial charge in [-0.1, -0.05) is 13.8 Å². The minimum absolute atomic E-state index is 0.0177. The summed E-state index contributed by atoms with van der Waals surface area (Å²) in [7, 11) is 0. The van der Waals surface area contributed by atoms with E-state index in [1.54, 1.807) is 0 Å². The van der Waals surface area contributed by atoms with E-state index in [2.05, 4.69) is 6.92 Å². The molecule has 0 bridgehead atoms. The van der Waals surface area contributed by atoms with Crippen LogP contribution in [0.4, 0.5) is 0 Å². The van der Waals surface area contributed by atoms with Crippen molar-refractivity contribution in [1.29, 1.82) is 0 Å². The summed E-state index contributed by atoms with van der Waals surface area (Å²) in [5.41, 5.74) is -0.427. The van der Waals surface area contributed by atoms with Crippen LogP contribution in [-0.2, 0) is 14.3 Å². The Morgan fingerprint density at radius 1 is 1.12 bits per heavy atom. The van der Waals surface area contributed by atoms with Crippen LogP contribution in [0.1, 0.15) is 46.0 Å². The fourth-order valence-corrected chi connectivity index (χ4v) is 4.45. The van der Waals surface area contributed by atoms with E-state index in [1.165, 1.54) is 6.42 Å². The first kappa shape index (κ1) is 11.2. The Bertz CT molecular complexity index is 372. The predicted octanol–water partition coefficient (Wildman–Crippen LogP) is 2.33. The van der Waals surface area contributed by atoms with Gasteiger partial charge in [0.25, 0.3) is 0 Å². The summed E-state index contributed by atoms with van der Waals surface area (Å²) < 4.78 is 5.75. The second kappa shape index (κ2) is 3.56. The lowest BCUT2D eigenvalue weighted by Crippen LogP contribution is -2.53. The summed E-state index contributed by atoms with van der Waals surface area (Å²) in [4.78, 5) is 23.7. The molecule has 0 amide bonds. The zero-order chi connectivity index (χ0) is 12.2. The molecule has 1 heterocycles. The van der Waals surface area contributed by atoms with Gasteiger partial charge >= 0.3 is 5.97 Å². The zero-order valence-corrected chi connectivity index (χ0v) is 10.6. The van der Waals surface area contributed by atoms with Crippen LogP contribution in [-0.4, -0.2) is 17.4 Å². The van der Waals surface area contributed by atoms with Gasteiger partial charge in [0.05, 0.1) is 5.92 Å². The Kier molecular flexibility index (Phi) is 2.36. The summed E-state index contributed by atoms with van der Waals surface area (Å²) in [5, 5.41) is 0. The molecule has 0 radical (unpaired) electrons. The van der Waals surface area contributed by atoms with Crippen molar-refractivity contribution in [2.24, 2.45) is 23.7 Å². The van der Waals surface area contributed by atoms with Crippen molar-refractivity contribution in [2.45, 2.75) is 51.6 Å². The van der Waals surface area contributed by atoms with Crippen LogP contribution in [0.3, 0.4) is 0 Å². The third kappa shape index (κ3) is 1.40. The molecule has 3 heteroatoms. The van der Waals surface area contributed by atoms with Gasteiger partial charge in [-0.3, -0.25) is 9.59 Å². The van der Waals surface area contributed by atoms with Crippen LogP contribution in [0.5, 0.6) is 0 Å². The van der Waals surface area contributed by atoms with Crippen LogP contribution in [0.25, 0.3) is 0 Å². The van der Waals surface area contributed by atoms with E-state index in [4.69, 9.17) is 4.74 Å². The Hall–Kier alpha value is -0.860. The van der Waals surface area contributed by atoms with Crippen LogP contribution in [0, 0.1) is 23.7 Å². The molecule has 1 aliphatic heterocycles. The maximum absolute atomic E-state index is 11.9. The molecule has 0 unspecified atom stereocenters. The Morgan fingerprint density at radius 2 is 1.88 bits per heavy atom. The van der Waals surface area contributed by atoms with E-state index in [9.17, 15) is 9.59 Å². The monoisotopic (exact) mass is 236 g/mol. The van der Waals surface area contributed by atoms with Crippen molar-refractivity contribution in [3.63, 3.8) is 0 Å². The number of ketones is 1. The molecule has 3 nitrogen and oxygen atoms in total. The normalized spacial score (nSPS) is 49.5. The van der Waals surface area contributed by atoms with Crippen LogP contribution < -0.4 is 0 Å². The van der Waals surface area contributed by atoms with Gasteiger partial charge in [-0.05, 0) is 25.2 Å². The molecule has 17 heavy (non-hydrogen) atoms. The van der Waals surface area contributed by atoms with Crippen LogP contribution in [0.2, 0.25) is 0 Å². The molecule has 0 aromatic carbocycles. The summed E-state index contributed by atoms with van der Waals surface area (Å²) >= 11 is 0. The molecular formula is C14H20O3. The lowest BCUT2D eigenvalue weighted by atomic mass is 9.57. The lowest BCUT2D eigenvalue weighted by Gasteiger charge is -2.49. The van der Waals surface area contributed by atoms with E-state index in [1.807, 2.05) is 6.92 Å². The number of rotatable bonds is 0. The maximum atomic E-state index is 11.9. The SMILES string of the molecule is C[C@@H]1CC[C@H]2[C@@H](C)C(=O)O[C@]23CC(=O)CC[C@@H]13. The highest BCUT2D eigenvalue weighted by Gasteiger charge is 2.62. The van der Waals surface area contributed by atoms with E-state index in [0.29, 0.717) is 24.7 Å². The maximum Gasteiger partial charge on any atom is 0.309 e. The van der Waals surface area contributed by atoms with E-state index in [0.717, 1.165) is 12.8 Å². The van der Waals surface area contributed by atoms with Gasteiger partial charge in [-0.15, -0.1) is 0 Å². The molecule has 3 aliphatic rings. The molecule has 0 aromatic rings. The summed E-state index contributed by atoms with van der Waals surface area (Å²) in [6.45, 7) is 4.21. The highest BCUT2D eigenvalue weighted by molar-refractivity contribution is 5.83. The third-order valence-electron chi connectivity index (χ3n) is 5.35. The van der Waals surface area contributed by atoms with Gasteiger partial charge in [0.15, 0.2) is 0 Å². The largest absolute Gasteiger partial charge is 0.458 e. The first-order valence-electron chi connectivity index (χ1n) is 6.79. The zero-order valence-electron chi connectivity index (χ0n) is 10.6. The molecular weight excluding hydrogens is 216 g/mol. The van der Waals surface area contributed by atoms with Crippen molar-refractivity contribution in [2.75, 3.05) is 0 Å². The van der Waals surface area contributed by atoms with Crippen molar-refractivity contribution in [3.8, 4) is 0 Å². The third-order valence-corrected chi connectivity index (χ3v) is 5.35. The molecule has 2 saturated carbocycles. The molecule has 0 aromatic heterocycles. The minimum atomic E-state index is -0.427. The Labute approximate surface area is 102 Å². The van der Waals surface area contributed by atoms with Gasteiger partial charge in [0, 0.05) is 24.7 Å². The van der Waals surface area contributed by atoms with E-state index < -0.39 is 5.60 Å². The fourth-order valence-electron chi connectivity index (χ4n) is 4.45. The average molecular weight is 236 g/mol. The second-order valence-electron chi connectivity index (χ2n) is 6.19. The molecule has 0 N–H and O–H groups in total. The second-order valence-corrected chi connectivity index (χ2v) is 6.19. The van der Waals surface area contributed by atoms with Crippen LogP contribution in [0.15, 0.2) is 0 Å². The highest BCUT2D eigenvalue weighted by atomic mass is 16.6. The minimum Gasteiger partial charge on any atom is -0.458 e. The molecule has 2 aliphatic carbocycles. The topological polar surface area (TPSA) is 43.4 Å². The van der Waals surface area contributed by atoms with Crippen molar-refractivity contribution < 1.29 is 14.3 Å². The molecule has 3 rings (SSSR count). The van der Waals surface area contributed by atoms with Gasteiger partial charge in [-0.25, -0.2) is 0 Å². The highest BCUT2D eigenvalue weighted by Crippen LogP contribution is 2.56. The summed E-state index contributed by atoms with van der Waals surface area (Å²) in [6.07, 6.45) is 4.28. The van der Waals surface area contributed by atoms with Gasteiger partial charge in [0.1, 0.15) is 11.4 Å². The molecule has 94 valence electrons. The Morgan fingerprint density at radius 3 is 2.65 bits per heavy atom. The van der Waals surface area contributed by atoms with Gasteiger partial charge in [-0.2, -0.15) is 0 Å². The van der Waals surface area contributed by atoms with Crippen molar-refractivity contribution in [3.05, 3.63) is 0 Å². The summed E-state index contributed by atoms with van der Waals surface area (Å²) in [6, 6.07) is 0. The van der Waals surface area contributed by atoms with Gasteiger partial charge in [0.2, 0.25) is 0 Å². The predicted molar refractivity (Wildman–Crippen MR) is 62.2 cm³/mol. The Balaban J connectivity index is 2.01. The average Bonchev–Trinajstić information content (AvgIpc) is 2.50. The number of Topliss-reactive ketones (excluding diaryl/α,β-unsaturated/α-hetero) is 1. The van der Waals surface area contributed by atoms with Crippen molar-refractivity contribution >= 4 is 11.8 Å². The smallest absolute Gasteiger partial charge is 0.309 e. The summed E-state index contributed by atoms with van der Waals surface area (Å²) in [5.74, 6) is 1.45.